The smallest absolute Gasteiger partial charge is 0.326 e. The maximum absolute atomic E-state index is 12.4. The minimum absolute atomic E-state index is 0.123. The first-order valence-electron chi connectivity index (χ1n) is 6.05. The van der Waals surface area contributed by atoms with Gasteiger partial charge in [0.1, 0.15) is 0 Å². The number of hydrogen-bond donors (Lipinski definition) is 0. The molecule has 17 heavy (non-hydrogen) atoms. The number of methoxy groups -OCH3 is 1. The number of hydrogen-bond acceptors (Lipinski definition) is 4. The monoisotopic (exact) mass is 241 g/mol. The Kier molecular flexibility index (Phi) is 3.38. The quantitative estimate of drug-likeness (QED) is 0.520. The van der Waals surface area contributed by atoms with Gasteiger partial charge in [0.2, 0.25) is 5.91 Å². The molecule has 0 unspecified atom stereocenters. The lowest BCUT2D eigenvalue weighted by Crippen LogP contribution is -2.61. The lowest BCUT2D eigenvalue weighted by Gasteiger charge is -2.42. The Morgan fingerprint density at radius 2 is 1.88 bits per heavy atom. The molecule has 0 radical (unpaired) electrons. The van der Waals surface area contributed by atoms with Crippen LogP contribution in [0.25, 0.3) is 0 Å². The molecule has 0 N–H and O–H groups in total. The van der Waals surface area contributed by atoms with Crippen LogP contribution < -0.4 is 0 Å². The average Bonchev–Trinajstić information content (AvgIpc) is 2.28. The van der Waals surface area contributed by atoms with Crippen molar-refractivity contribution in [1.82, 2.24) is 4.90 Å². The van der Waals surface area contributed by atoms with Crippen LogP contribution in [0.1, 0.15) is 19.8 Å². The molecule has 0 spiro atoms. The van der Waals surface area contributed by atoms with Crippen LogP contribution in [0, 0.1) is 11.3 Å². The Morgan fingerprint density at radius 3 is 2.29 bits per heavy atom. The third kappa shape index (κ3) is 2.04. The van der Waals surface area contributed by atoms with Crippen molar-refractivity contribution in [3.05, 3.63) is 0 Å². The number of carbonyl (C=O) groups excluding carboxylic acids is 2. The normalized spacial score (nSPS) is 24.0. The van der Waals surface area contributed by atoms with Gasteiger partial charge in [-0.05, 0) is 18.8 Å². The van der Waals surface area contributed by atoms with Crippen LogP contribution in [0.2, 0.25) is 0 Å². The molecular weight excluding hydrogens is 222 g/mol. The van der Waals surface area contributed by atoms with Gasteiger partial charge < -0.3 is 14.4 Å². The summed E-state index contributed by atoms with van der Waals surface area (Å²) in [5, 5.41) is 0. The minimum Gasteiger partial charge on any atom is -0.468 e. The lowest BCUT2D eigenvalue weighted by molar-refractivity contribution is -0.194. The van der Waals surface area contributed by atoms with Gasteiger partial charge in [-0.15, -0.1) is 0 Å². The van der Waals surface area contributed by atoms with Crippen LogP contribution in [0.5, 0.6) is 0 Å². The molecule has 1 amide bonds. The summed E-state index contributed by atoms with van der Waals surface area (Å²) >= 11 is 0. The lowest BCUT2D eigenvalue weighted by atomic mass is 9.83. The molecule has 2 aliphatic heterocycles. The highest BCUT2D eigenvalue weighted by atomic mass is 16.5. The number of likely N-dealkylation sites (tertiary alicyclic amines) is 1. The Labute approximate surface area is 101 Å². The maximum atomic E-state index is 12.4. The summed E-state index contributed by atoms with van der Waals surface area (Å²) in [5.74, 6) is 0.0700. The van der Waals surface area contributed by atoms with Gasteiger partial charge in [-0.3, -0.25) is 9.59 Å². The maximum Gasteiger partial charge on any atom is 0.326 e. The predicted molar refractivity (Wildman–Crippen MR) is 60.2 cm³/mol. The van der Waals surface area contributed by atoms with Crippen molar-refractivity contribution in [2.45, 2.75) is 19.8 Å². The predicted octanol–water partition coefficient (Wildman–Crippen LogP) is 0.434. The first-order chi connectivity index (χ1) is 8.10. The summed E-state index contributed by atoms with van der Waals surface area (Å²) in [7, 11) is 1.31. The summed E-state index contributed by atoms with van der Waals surface area (Å²) in [6, 6.07) is 0. The van der Waals surface area contributed by atoms with Gasteiger partial charge in [0.05, 0.1) is 20.3 Å². The van der Waals surface area contributed by atoms with Crippen LogP contribution in [0.15, 0.2) is 0 Å². The van der Waals surface area contributed by atoms with E-state index >= 15 is 0 Å². The van der Waals surface area contributed by atoms with Crippen LogP contribution in [0.4, 0.5) is 0 Å². The Morgan fingerprint density at radius 1 is 1.29 bits per heavy atom. The van der Waals surface area contributed by atoms with Crippen molar-refractivity contribution in [1.29, 1.82) is 0 Å². The van der Waals surface area contributed by atoms with Crippen molar-refractivity contribution in [3.8, 4) is 0 Å². The highest BCUT2D eigenvalue weighted by Gasteiger charge is 2.55. The van der Waals surface area contributed by atoms with E-state index < -0.39 is 11.4 Å². The van der Waals surface area contributed by atoms with Gasteiger partial charge in [0.25, 0.3) is 0 Å². The molecule has 2 saturated heterocycles. The van der Waals surface area contributed by atoms with Gasteiger partial charge in [-0.25, -0.2) is 0 Å². The number of piperidine rings is 1. The van der Waals surface area contributed by atoms with Crippen LogP contribution in [0.3, 0.4) is 0 Å². The molecule has 2 rings (SSSR count). The van der Waals surface area contributed by atoms with E-state index in [0.717, 1.165) is 25.9 Å². The zero-order valence-corrected chi connectivity index (χ0v) is 10.4. The summed E-state index contributed by atoms with van der Waals surface area (Å²) in [6.45, 7) is 3.97. The fourth-order valence-corrected chi connectivity index (χ4v) is 2.34. The van der Waals surface area contributed by atoms with Gasteiger partial charge in [0, 0.05) is 13.1 Å². The summed E-state index contributed by atoms with van der Waals surface area (Å²) < 4.78 is 9.77. The van der Waals surface area contributed by atoms with Gasteiger partial charge >= 0.3 is 5.97 Å². The van der Waals surface area contributed by atoms with E-state index in [0.29, 0.717) is 5.92 Å². The molecule has 5 heteroatoms. The number of esters is 1. The van der Waals surface area contributed by atoms with Gasteiger partial charge in [-0.2, -0.15) is 0 Å². The average molecular weight is 241 g/mol. The molecule has 0 bridgehead atoms. The fourth-order valence-electron chi connectivity index (χ4n) is 2.34. The Balaban J connectivity index is 2.05. The van der Waals surface area contributed by atoms with Crippen LogP contribution >= 0.6 is 0 Å². The first-order valence-corrected chi connectivity index (χ1v) is 6.05. The van der Waals surface area contributed by atoms with E-state index in [2.05, 4.69) is 6.92 Å². The summed E-state index contributed by atoms with van der Waals surface area (Å²) in [6.07, 6.45) is 2.01. The zero-order chi connectivity index (χ0) is 12.5. The number of rotatable bonds is 2. The largest absolute Gasteiger partial charge is 0.468 e. The summed E-state index contributed by atoms with van der Waals surface area (Å²) in [4.78, 5) is 25.8. The van der Waals surface area contributed by atoms with Crippen molar-refractivity contribution in [2.24, 2.45) is 11.3 Å². The minimum atomic E-state index is -1.06. The topological polar surface area (TPSA) is 55.8 Å². The molecule has 2 heterocycles. The van der Waals surface area contributed by atoms with Crippen molar-refractivity contribution >= 4 is 11.9 Å². The van der Waals surface area contributed by atoms with Crippen molar-refractivity contribution in [2.75, 3.05) is 33.4 Å². The van der Waals surface area contributed by atoms with E-state index in [1.54, 1.807) is 4.90 Å². The molecule has 5 nitrogen and oxygen atoms in total. The standard InChI is InChI=1S/C12H19NO4/c1-9-3-5-13(6-4-9)10(14)12(7-17-8-12)11(15)16-2/h9H,3-8H2,1-2H3. The molecule has 0 atom stereocenters. The molecule has 0 aromatic rings. The molecule has 0 aliphatic carbocycles. The molecule has 2 aliphatic rings. The van der Waals surface area contributed by atoms with Crippen LogP contribution in [-0.2, 0) is 19.1 Å². The Bertz CT molecular complexity index is 316. The van der Waals surface area contributed by atoms with E-state index in [4.69, 9.17) is 9.47 Å². The van der Waals surface area contributed by atoms with Crippen molar-refractivity contribution < 1.29 is 19.1 Å². The highest BCUT2D eigenvalue weighted by Crippen LogP contribution is 2.33. The molecule has 0 saturated carbocycles. The molecule has 96 valence electrons. The molecule has 2 fully saturated rings. The number of amides is 1. The molecule has 0 aromatic carbocycles. The first kappa shape index (κ1) is 12.4. The number of nitrogens with zero attached hydrogens (tertiary/aromatic N) is 1. The number of carbonyl (C=O) groups is 2. The zero-order valence-electron chi connectivity index (χ0n) is 10.4. The van der Waals surface area contributed by atoms with Crippen molar-refractivity contribution in [3.63, 3.8) is 0 Å². The van der Waals surface area contributed by atoms with Crippen LogP contribution in [-0.4, -0.2) is 50.2 Å². The van der Waals surface area contributed by atoms with E-state index in [1.165, 1.54) is 7.11 Å². The fraction of sp³-hybridized carbons (Fsp3) is 0.833. The van der Waals surface area contributed by atoms with Gasteiger partial charge in [-0.1, -0.05) is 6.92 Å². The second-order valence-corrected chi connectivity index (χ2v) is 5.04. The molecule has 0 aromatic heterocycles. The number of ether oxygens (including phenoxy) is 2. The van der Waals surface area contributed by atoms with E-state index in [9.17, 15) is 9.59 Å². The second kappa shape index (κ2) is 4.64. The summed E-state index contributed by atoms with van der Waals surface area (Å²) in [5.41, 5.74) is -1.06. The molecular formula is C12H19NO4. The van der Waals surface area contributed by atoms with E-state index in [1.807, 2.05) is 0 Å². The highest BCUT2D eigenvalue weighted by molar-refractivity contribution is 6.03. The van der Waals surface area contributed by atoms with E-state index in [-0.39, 0.29) is 19.1 Å². The third-order valence-corrected chi connectivity index (χ3v) is 3.75. The SMILES string of the molecule is COC(=O)C1(C(=O)N2CCC(C)CC2)COC1. The van der Waals surface area contributed by atoms with Gasteiger partial charge in [0.15, 0.2) is 5.41 Å². The Hall–Kier alpha value is -1.10. The third-order valence-electron chi connectivity index (χ3n) is 3.75. The second-order valence-electron chi connectivity index (χ2n) is 5.04.